The summed E-state index contributed by atoms with van der Waals surface area (Å²) in [5.74, 6) is 0.755. The molecule has 0 aliphatic rings. The molecule has 0 unspecified atom stereocenters. The van der Waals surface area contributed by atoms with Gasteiger partial charge in [0, 0.05) is 11.8 Å². The third-order valence-electron chi connectivity index (χ3n) is 3.13. The zero-order chi connectivity index (χ0) is 13.9. The van der Waals surface area contributed by atoms with Crippen LogP contribution in [0.15, 0.2) is 53.7 Å². The average molecular weight is 267 g/mol. The van der Waals surface area contributed by atoms with E-state index in [1.165, 1.54) is 6.33 Å². The van der Waals surface area contributed by atoms with Crippen LogP contribution < -0.4 is 10.3 Å². The van der Waals surface area contributed by atoms with E-state index < -0.39 is 0 Å². The van der Waals surface area contributed by atoms with Crippen molar-refractivity contribution in [3.05, 3.63) is 64.8 Å². The Morgan fingerprint density at radius 2 is 2.00 bits per heavy atom. The second-order valence-electron chi connectivity index (χ2n) is 4.36. The number of ether oxygens (including phenoxy) is 1. The van der Waals surface area contributed by atoms with Crippen molar-refractivity contribution in [2.24, 2.45) is 0 Å². The van der Waals surface area contributed by atoms with E-state index in [0.717, 1.165) is 11.3 Å². The van der Waals surface area contributed by atoms with Gasteiger partial charge in [-0.3, -0.25) is 9.36 Å². The molecular formula is C15H13N3O2. The summed E-state index contributed by atoms with van der Waals surface area (Å²) in [6, 6.07) is 11.1. The number of aromatic nitrogens is 3. The second-order valence-corrected chi connectivity index (χ2v) is 4.36. The van der Waals surface area contributed by atoms with E-state index in [9.17, 15) is 4.79 Å². The molecule has 5 heteroatoms. The molecule has 0 fully saturated rings. The highest BCUT2D eigenvalue weighted by Crippen LogP contribution is 2.17. The minimum absolute atomic E-state index is 0.103. The molecule has 1 aromatic carbocycles. The van der Waals surface area contributed by atoms with E-state index in [2.05, 4.69) is 9.97 Å². The number of rotatable bonds is 3. The van der Waals surface area contributed by atoms with Crippen molar-refractivity contribution in [1.29, 1.82) is 0 Å². The summed E-state index contributed by atoms with van der Waals surface area (Å²) in [5, 5.41) is 0.518. The van der Waals surface area contributed by atoms with Gasteiger partial charge in [-0.2, -0.15) is 0 Å². The fourth-order valence-electron chi connectivity index (χ4n) is 2.13. The van der Waals surface area contributed by atoms with Gasteiger partial charge in [0.2, 0.25) is 0 Å². The maximum Gasteiger partial charge on any atom is 0.263 e. The fraction of sp³-hybridized carbons (Fsp3) is 0.133. The maximum absolute atomic E-state index is 12.4. The van der Waals surface area contributed by atoms with Gasteiger partial charge in [-0.05, 0) is 18.2 Å². The molecule has 3 aromatic rings. The van der Waals surface area contributed by atoms with Crippen molar-refractivity contribution < 1.29 is 4.74 Å². The number of nitrogens with zero attached hydrogens (tertiary/aromatic N) is 3. The van der Waals surface area contributed by atoms with E-state index in [1.807, 2.05) is 24.3 Å². The van der Waals surface area contributed by atoms with Gasteiger partial charge < -0.3 is 4.74 Å². The van der Waals surface area contributed by atoms with Crippen molar-refractivity contribution in [2.75, 3.05) is 7.11 Å². The standard InChI is InChI=1S/C15H13N3O2/c1-20-13-7-3-2-5-11(13)9-18-10-17-14-12(15(18)19)6-4-8-16-14/h2-8,10H,9H2,1H3. The number of hydrogen-bond acceptors (Lipinski definition) is 4. The predicted molar refractivity (Wildman–Crippen MR) is 75.9 cm³/mol. The van der Waals surface area contributed by atoms with Crippen molar-refractivity contribution >= 4 is 11.0 Å². The lowest BCUT2D eigenvalue weighted by atomic mass is 10.2. The van der Waals surface area contributed by atoms with Crippen LogP contribution >= 0.6 is 0 Å². The Morgan fingerprint density at radius 1 is 1.15 bits per heavy atom. The highest BCUT2D eigenvalue weighted by atomic mass is 16.5. The molecule has 5 nitrogen and oxygen atoms in total. The first-order valence-electron chi connectivity index (χ1n) is 6.21. The summed E-state index contributed by atoms with van der Waals surface area (Å²) in [6.07, 6.45) is 3.14. The molecule has 0 amide bonds. The van der Waals surface area contributed by atoms with Crippen LogP contribution in [0.2, 0.25) is 0 Å². The molecule has 0 bridgehead atoms. The lowest BCUT2D eigenvalue weighted by Gasteiger charge is -2.10. The fourth-order valence-corrected chi connectivity index (χ4v) is 2.13. The van der Waals surface area contributed by atoms with E-state index in [0.29, 0.717) is 17.6 Å². The van der Waals surface area contributed by atoms with E-state index in [-0.39, 0.29) is 5.56 Å². The van der Waals surface area contributed by atoms with Gasteiger partial charge in [-0.1, -0.05) is 18.2 Å². The summed E-state index contributed by atoms with van der Waals surface area (Å²) < 4.78 is 6.85. The Morgan fingerprint density at radius 3 is 2.85 bits per heavy atom. The third kappa shape index (κ3) is 2.14. The molecule has 0 aliphatic carbocycles. The Labute approximate surface area is 115 Å². The molecule has 0 radical (unpaired) electrons. The van der Waals surface area contributed by atoms with Gasteiger partial charge >= 0.3 is 0 Å². The SMILES string of the molecule is COc1ccccc1Cn1cnc2ncccc2c1=O. The summed E-state index contributed by atoms with van der Waals surface area (Å²) in [4.78, 5) is 20.7. The Bertz CT molecular complexity index is 811. The largest absolute Gasteiger partial charge is 0.496 e. The van der Waals surface area contributed by atoms with Crippen LogP contribution in [-0.4, -0.2) is 21.6 Å². The Kier molecular flexibility index (Phi) is 3.16. The van der Waals surface area contributed by atoms with Gasteiger partial charge in [-0.25, -0.2) is 9.97 Å². The summed E-state index contributed by atoms with van der Waals surface area (Å²) >= 11 is 0. The molecule has 2 aromatic heterocycles. The van der Waals surface area contributed by atoms with E-state index in [4.69, 9.17) is 4.74 Å². The number of benzene rings is 1. The smallest absolute Gasteiger partial charge is 0.263 e. The number of methoxy groups -OCH3 is 1. The molecule has 0 N–H and O–H groups in total. The molecule has 20 heavy (non-hydrogen) atoms. The molecule has 0 spiro atoms. The Hall–Kier alpha value is -2.69. The van der Waals surface area contributed by atoms with Gasteiger partial charge in [0.25, 0.3) is 5.56 Å². The molecule has 3 rings (SSSR count). The van der Waals surface area contributed by atoms with Crippen LogP contribution in [0.3, 0.4) is 0 Å². The zero-order valence-corrected chi connectivity index (χ0v) is 11.0. The molecule has 0 saturated heterocycles. The van der Waals surface area contributed by atoms with Gasteiger partial charge in [0.05, 0.1) is 19.0 Å². The maximum atomic E-state index is 12.4. The highest BCUT2D eigenvalue weighted by Gasteiger charge is 2.07. The topological polar surface area (TPSA) is 57.0 Å². The average Bonchev–Trinajstić information content (AvgIpc) is 2.51. The molecule has 0 saturated carbocycles. The predicted octanol–water partition coefficient (Wildman–Crippen LogP) is 1.85. The van der Waals surface area contributed by atoms with Gasteiger partial charge in [0.15, 0.2) is 5.65 Å². The van der Waals surface area contributed by atoms with Crippen LogP contribution in [0.5, 0.6) is 5.75 Å². The summed E-state index contributed by atoms with van der Waals surface area (Å²) in [5.41, 5.74) is 1.30. The first-order valence-corrected chi connectivity index (χ1v) is 6.21. The van der Waals surface area contributed by atoms with Crippen molar-refractivity contribution in [3.8, 4) is 5.75 Å². The third-order valence-corrected chi connectivity index (χ3v) is 3.13. The summed E-state index contributed by atoms with van der Waals surface area (Å²) in [6.45, 7) is 0.417. The number of hydrogen-bond donors (Lipinski definition) is 0. The normalized spacial score (nSPS) is 10.7. The molecule has 100 valence electrons. The van der Waals surface area contributed by atoms with E-state index >= 15 is 0 Å². The highest BCUT2D eigenvalue weighted by molar-refractivity contribution is 5.72. The zero-order valence-electron chi connectivity index (χ0n) is 11.0. The van der Waals surface area contributed by atoms with Gasteiger partial charge in [0.1, 0.15) is 12.1 Å². The lowest BCUT2D eigenvalue weighted by Crippen LogP contribution is -2.21. The first kappa shape index (κ1) is 12.3. The van der Waals surface area contributed by atoms with Crippen LogP contribution in [0.4, 0.5) is 0 Å². The van der Waals surface area contributed by atoms with Crippen LogP contribution in [0, 0.1) is 0 Å². The number of fused-ring (bicyclic) bond motifs is 1. The molecule has 2 heterocycles. The van der Waals surface area contributed by atoms with Crippen molar-refractivity contribution in [1.82, 2.24) is 14.5 Å². The van der Waals surface area contributed by atoms with Crippen LogP contribution in [0.1, 0.15) is 5.56 Å². The Balaban J connectivity index is 2.07. The minimum atomic E-state index is -0.103. The van der Waals surface area contributed by atoms with Crippen molar-refractivity contribution in [2.45, 2.75) is 6.54 Å². The second kappa shape index (κ2) is 5.13. The van der Waals surface area contributed by atoms with Gasteiger partial charge in [-0.15, -0.1) is 0 Å². The minimum Gasteiger partial charge on any atom is -0.496 e. The van der Waals surface area contributed by atoms with Crippen LogP contribution in [-0.2, 0) is 6.54 Å². The molecular weight excluding hydrogens is 254 g/mol. The van der Waals surface area contributed by atoms with Crippen LogP contribution in [0.25, 0.3) is 11.0 Å². The summed E-state index contributed by atoms with van der Waals surface area (Å²) in [7, 11) is 1.62. The first-order chi connectivity index (χ1) is 9.79. The van der Waals surface area contributed by atoms with E-state index in [1.54, 1.807) is 30.0 Å². The molecule has 0 aliphatic heterocycles. The monoisotopic (exact) mass is 267 g/mol. The molecule has 0 atom stereocenters. The van der Waals surface area contributed by atoms with Crippen molar-refractivity contribution in [3.63, 3.8) is 0 Å². The number of pyridine rings is 1. The number of para-hydroxylation sites is 1. The lowest BCUT2D eigenvalue weighted by molar-refractivity contribution is 0.408. The quantitative estimate of drug-likeness (QED) is 0.726.